The van der Waals surface area contributed by atoms with Crippen molar-refractivity contribution in [1.82, 2.24) is 14.7 Å². The molecule has 1 fully saturated rings. The van der Waals surface area contributed by atoms with Gasteiger partial charge in [0.1, 0.15) is 23.8 Å². The zero-order valence-corrected chi connectivity index (χ0v) is 18.2. The van der Waals surface area contributed by atoms with Crippen molar-refractivity contribution in [2.24, 2.45) is 0 Å². The third-order valence-corrected chi connectivity index (χ3v) is 5.24. The number of morpholine rings is 1. The van der Waals surface area contributed by atoms with Crippen molar-refractivity contribution in [1.29, 1.82) is 0 Å². The van der Waals surface area contributed by atoms with Gasteiger partial charge in [0.2, 0.25) is 0 Å². The monoisotopic (exact) mass is 438 g/mol. The Kier molecular flexibility index (Phi) is 6.55. The van der Waals surface area contributed by atoms with Gasteiger partial charge in [-0.1, -0.05) is 18.2 Å². The first-order valence-electron chi connectivity index (χ1n) is 10.6. The Morgan fingerprint density at radius 2 is 1.94 bits per heavy atom. The largest absolute Gasteiger partial charge is 0.485 e. The molecule has 0 saturated carbocycles. The van der Waals surface area contributed by atoms with Gasteiger partial charge >= 0.3 is 0 Å². The van der Waals surface area contributed by atoms with Crippen molar-refractivity contribution in [3.63, 3.8) is 0 Å². The maximum Gasteiger partial charge on any atom is 0.291 e. The van der Waals surface area contributed by atoms with E-state index in [2.05, 4.69) is 10.4 Å². The van der Waals surface area contributed by atoms with E-state index in [0.717, 1.165) is 11.3 Å². The van der Waals surface area contributed by atoms with Gasteiger partial charge in [0.15, 0.2) is 5.76 Å². The smallest absolute Gasteiger partial charge is 0.291 e. The summed E-state index contributed by atoms with van der Waals surface area (Å²) < 4.78 is 18.3. The number of ether oxygens (including phenoxy) is 2. The van der Waals surface area contributed by atoms with E-state index in [0.29, 0.717) is 50.0 Å². The van der Waals surface area contributed by atoms with E-state index in [1.54, 1.807) is 21.7 Å². The van der Waals surface area contributed by atoms with Gasteiger partial charge in [0.05, 0.1) is 25.1 Å². The summed E-state index contributed by atoms with van der Waals surface area (Å²) in [6.07, 6.45) is 1.49. The molecule has 3 heterocycles. The van der Waals surface area contributed by atoms with Crippen molar-refractivity contribution < 1.29 is 23.5 Å². The number of carbonyl (C=O) groups excluding carboxylic acids is 2. The normalized spacial score (nSPS) is 13.8. The summed E-state index contributed by atoms with van der Waals surface area (Å²) in [6.45, 7) is 6.55. The maximum atomic E-state index is 13.0. The summed E-state index contributed by atoms with van der Waals surface area (Å²) in [4.78, 5) is 27.5. The molecular weight excluding hydrogens is 412 g/mol. The molecule has 4 rings (SSSR count). The predicted octanol–water partition coefficient (Wildman–Crippen LogP) is 3.11. The lowest BCUT2D eigenvalue weighted by Crippen LogP contribution is -2.41. The highest BCUT2D eigenvalue weighted by molar-refractivity contribution is 6.07. The zero-order chi connectivity index (χ0) is 22.5. The van der Waals surface area contributed by atoms with E-state index in [4.69, 9.17) is 13.9 Å². The van der Waals surface area contributed by atoms with E-state index in [1.165, 1.54) is 6.20 Å². The number of rotatable bonds is 7. The second-order valence-corrected chi connectivity index (χ2v) is 7.40. The number of nitrogens with zero attached hydrogens (tertiary/aromatic N) is 3. The second-order valence-electron chi connectivity index (χ2n) is 7.40. The van der Waals surface area contributed by atoms with Crippen molar-refractivity contribution >= 4 is 17.5 Å². The highest BCUT2D eigenvalue weighted by atomic mass is 16.5. The van der Waals surface area contributed by atoms with Gasteiger partial charge in [-0.25, -0.2) is 0 Å². The number of aryl methyl sites for hydroxylation is 2. The minimum Gasteiger partial charge on any atom is -0.485 e. The highest BCUT2D eigenvalue weighted by Gasteiger charge is 2.26. The summed E-state index contributed by atoms with van der Waals surface area (Å²) in [5.74, 6) is 0.761. The molecule has 1 N–H and O–H groups in total. The van der Waals surface area contributed by atoms with Crippen LogP contribution in [0.3, 0.4) is 0 Å². The number of benzene rings is 1. The Morgan fingerprint density at radius 3 is 2.69 bits per heavy atom. The van der Waals surface area contributed by atoms with Gasteiger partial charge < -0.3 is 24.1 Å². The standard InChI is InChI=1S/C23H26N4O5/c1-3-27-21(23(29)26-10-12-30-13-11-26)18(14-24-27)25-22(28)20-9-8-17(32-20)15-31-19-7-5-4-6-16(19)2/h4-9,14H,3,10-13,15H2,1-2H3,(H,25,28). The van der Waals surface area contributed by atoms with E-state index >= 15 is 0 Å². The van der Waals surface area contributed by atoms with Crippen LogP contribution < -0.4 is 10.1 Å². The number of amides is 2. The second kappa shape index (κ2) is 9.69. The predicted molar refractivity (Wildman–Crippen MR) is 117 cm³/mol. The first-order chi connectivity index (χ1) is 15.6. The molecule has 0 unspecified atom stereocenters. The van der Waals surface area contributed by atoms with Gasteiger partial charge in [-0.15, -0.1) is 0 Å². The summed E-state index contributed by atoms with van der Waals surface area (Å²) >= 11 is 0. The quantitative estimate of drug-likeness (QED) is 0.609. The van der Waals surface area contributed by atoms with Crippen LogP contribution in [-0.2, 0) is 17.9 Å². The SMILES string of the molecule is CCn1ncc(NC(=O)c2ccc(COc3ccccc3C)o2)c1C(=O)N1CCOCC1. The highest BCUT2D eigenvalue weighted by Crippen LogP contribution is 2.21. The average Bonchev–Trinajstić information content (AvgIpc) is 3.45. The number of carbonyl (C=O) groups is 2. The summed E-state index contributed by atoms with van der Waals surface area (Å²) in [7, 11) is 0. The average molecular weight is 438 g/mol. The Labute approximate surface area is 185 Å². The number of hydrogen-bond donors (Lipinski definition) is 1. The van der Waals surface area contributed by atoms with Crippen LogP contribution in [0.25, 0.3) is 0 Å². The number of furan rings is 1. The fourth-order valence-electron chi connectivity index (χ4n) is 3.49. The van der Waals surface area contributed by atoms with Crippen LogP contribution in [0.5, 0.6) is 5.75 Å². The number of hydrogen-bond acceptors (Lipinski definition) is 6. The number of para-hydroxylation sites is 1. The van der Waals surface area contributed by atoms with Gasteiger partial charge in [-0.3, -0.25) is 14.3 Å². The first-order valence-corrected chi connectivity index (χ1v) is 10.6. The van der Waals surface area contributed by atoms with Crippen LogP contribution in [-0.4, -0.2) is 52.8 Å². The van der Waals surface area contributed by atoms with Gasteiger partial charge in [-0.2, -0.15) is 5.10 Å². The summed E-state index contributed by atoms with van der Waals surface area (Å²) in [5.41, 5.74) is 1.71. The van der Waals surface area contributed by atoms with Crippen molar-refractivity contribution in [3.05, 3.63) is 65.4 Å². The molecule has 3 aromatic rings. The van der Waals surface area contributed by atoms with Crippen LogP contribution in [0, 0.1) is 6.92 Å². The Hall–Kier alpha value is -3.59. The van der Waals surface area contributed by atoms with Crippen molar-refractivity contribution in [3.8, 4) is 5.75 Å². The molecule has 1 saturated heterocycles. The molecule has 0 atom stereocenters. The number of aromatic nitrogens is 2. The molecule has 0 aliphatic carbocycles. The van der Waals surface area contributed by atoms with Crippen molar-refractivity contribution in [2.75, 3.05) is 31.6 Å². The Bertz CT molecular complexity index is 1100. The molecule has 2 aromatic heterocycles. The van der Waals surface area contributed by atoms with Crippen LogP contribution in [0.15, 0.2) is 47.0 Å². The maximum absolute atomic E-state index is 13.0. The van der Waals surface area contributed by atoms with E-state index in [9.17, 15) is 9.59 Å². The molecule has 0 spiro atoms. The van der Waals surface area contributed by atoms with Gasteiger partial charge in [0.25, 0.3) is 11.8 Å². The van der Waals surface area contributed by atoms with E-state index in [-0.39, 0.29) is 18.3 Å². The van der Waals surface area contributed by atoms with Crippen LogP contribution >= 0.6 is 0 Å². The third-order valence-electron chi connectivity index (χ3n) is 5.24. The van der Waals surface area contributed by atoms with E-state index < -0.39 is 5.91 Å². The summed E-state index contributed by atoms with van der Waals surface area (Å²) in [5, 5.41) is 7.01. The molecule has 0 bridgehead atoms. The molecule has 2 amide bonds. The molecule has 168 valence electrons. The molecule has 1 aliphatic heterocycles. The van der Waals surface area contributed by atoms with Gasteiger partial charge in [0, 0.05) is 19.6 Å². The van der Waals surface area contributed by atoms with Crippen LogP contribution in [0.1, 0.15) is 39.3 Å². The molecule has 32 heavy (non-hydrogen) atoms. The van der Waals surface area contributed by atoms with Crippen molar-refractivity contribution in [2.45, 2.75) is 27.0 Å². The number of anilines is 1. The molecular formula is C23H26N4O5. The third kappa shape index (κ3) is 4.67. The fourth-order valence-corrected chi connectivity index (χ4v) is 3.49. The minimum atomic E-state index is -0.459. The zero-order valence-electron chi connectivity index (χ0n) is 18.2. The Balaban J connectivity index is 1.45. The Morgan fingerprint density at radius 1 is 1.16 bits per heavy atom. The molecule has 9 heteroatoms. The van der Waals surface area contributed by atoms with Crippen LogP contribution in [0.2, 0.25) is 0 Å². The summed E-state index contributed by atoms with van der Waals surface area (Å²) in [6, 6.07) is 11.0. The minimum absolute atomic E-state index is 0.127. The fraction of sp³-hybridized carbons (Fsp3) is 0.348. The lowest BCUT2D eigenvalue weighted by atomic mass is 10.2. The van der Waals surface area contributed by atoms with E-state index in [1.807, 2.05) is 38.1 Å². The first kappa shape index (κ1) is 21.6. The van der Waals surface area contributed by atoms with Crippen LogP contribution in [0.4, 0.5) is 5.69 Å². The lowest BCUT2D eigenvalue weighted by molar-refractivity contribution is 0.0295. The van der Waals surface area contributed by atoms with Gasteiger partial charge in [-0.05, 0) is 37.6 Å². The molecule has 1 aromatic carbocycles. The molecule has 9 nitrogen and oxygen atoms in total. The number of nitrogens with one attached hydrogen (secondary N) is 1. The lowest BCUT2D eigenvalue weighted by Gasteiger charge is -2.27. The molecule has 0 radical (unpaired) electrons. The topological polar surface area (TPSA) is 98.8 Å². The molecule has 1 aliphatic rings.